The molecule has 0 spiro atoms. The molecule has 0 radical (unpaired) electrons. The van der Waals surface area contributed by atoms with Gasteiger partial charge < -0.3 is 4.74 Å². The average molecular weight is 138 g/mol. The van der Waals surface area contributed by atoms with Gasteiger partial charge in [-0.1, -0.05) is 13.3 Å². The molecule has 0 aromatic rings. The van der Waals surface area contributed by atoms with Crippen LogP contribution in [0, 0.1) is 0 Å². The third kappa shape index (κ3) is 2.26. The first-order valence-corrected chi connectivity index (χ1v) is 3.94. The molecule has 0 amide bonds. The van der Waals surface area contributed by atoms with Gasteiger partial charge in [0.15, 0.2) is 0 Å². The summed E-state index contributed by atoms with van der Waals surface area (Å²) in [6, 6.07) is 0. The van der Waals surface area contributed by atoms with Crippen molar-refractivity contribution in [1.82, 2.24) is 0 Å². The number of hydrogen-bond acceptors (Lipinski definition) is 1. The predicted molar refractivity (Wildman–Crippen MR) is 42.5 cm³/mol. The Morgan fingerprint density at radius 3 is 3.10 bits per heavy atom. The van der Waals surface area contributed by atoms with Gasteiger partial charge in [0.1, 0.15) is 0 Å². The van der Waals surface area contributed by atoms with E-state index in [1.807, 2.05) is 6.08 Å². The van der Waals surface area contributed by atoms with Gasteiger partial charge in [-0.2, -0.15) is 0 Å². The Balaban J connectivity index is 2.21. The number of hydrogen-bond donors (Lipinski definition) is 0. The van der Waals surface area contributed by atoms with E-state index in [0.29, 0.717) is 0 Å². The van der Waals surface area contributed by atoms with Crippen LogP contribution in [0.5, 0.6) is 0 Å². The molecule has 0 atom stereocenters. The van der Waals surface area contributed by atoms with Gasteiger partial charge >= 0.3 is 0 Å². The maximum Gasteiger partial charge on any atom is 0.0995 e. The summed E-state index contributed by atoms with van der Waals surface area (Å²) in [7, 11) is 0. The maximum atomic E-state index is 5.26. The van der Waals surface area contributed by atoms with E-state index in [-0.39, 0.29) is 0 Å². The highest BCUT2D eigenvalue weighted by molar-refractivity contribution is 5.03. The van der Waals surface area contributed by atoms with Gasteiger partial charge in [0.25, 0.3) is 0 Å². The molecule has 1 nitrogen and oxygen atoms in total. The Hall–Kier alpha value is -0.720. The molecule has 0 unspecified atom stereocenters. The molecule has 0 saturated carbocycles. The van der Waals surface area contributed by atoms with Gasteiger partial charge in [-0.05, 0) is 25.0 Å². The first kappa shape index (κ1) is 7.39. The van der Waals surface area contributed by atoms with E-state index < -0.39 is 0 Å². The van der Waals surface area contributed by atoms with E-state index in [4.69, 9.17) is 4.74 Å². The summed E-state index contributed by atoms with van der Waals surface area (Å²) in [5, 5.41) is 0. The Labute approximate surface area is 62.4 Å². The monoisotopic (exact) mass is 138 g/mol. The summed E-state index contributed by atoms with van der Waals surface area (Å²) < 4.78 is 5.26. The van der Waals surface area contributed by atoms with Gasteiger partial charge in [-0.25, -0.2) is 0 Å². The SMILES string of the molecule is CCCCC1=CCC=CO1. The van der Waals surface area contributed by atoms with Crippen LogP contribution in [0.25, 0.3) is 0 Å². The number of ether oxygens (including phenoxy) is 1. The second-order valence-electron chi connectivity index (χ2n) is 2.50. The quantitative estimate of drug-likeness (QED) is 0.582. The minimum Gasteiger partial charge on any atom is -0.470 e. The molecule has 10 heavy (non-hydrogen) atoms. The van der Waals surface area contributed by atoms with E-state index in [2.05, 4.69) is 13.0 Å². The van der Waals surface area contributed by atoms with E-state index in [9.17, 15) is 0 Å². The largest absolute Gasteiger partial charge is 0.470 e. The summed E-state index contributed by atoms with van der Waals surface area (Å²) in [6.45, 7) is 2.19. The molecule has 1 heterocycles. The number of unbranched alkanes of at least 4 members (excludes halogenated alkanes) is 1. The van der Waals surface area contributed by atoms with Crippen molar-refractivity contribution < 1.29 is 4.74 Å². The lowest BCUT2D eigenvalue weighted by molar-refractivity contribution is 0.321. The van der Waals surface area contributed by atoms with E-state index >= 15 is 0 Å². The van der Waals surface area contributed by atoms with Crippen molar-refractivity contribution >= 4 is 0 Å². The topological polar surface area (TPSA) is 9.23 Å². The molecule has 56 valence electrons. The van der Waals surface area contributed by atoms with Gasteiger partial charge in [0, 0.05) is 6.42 Å². The third-order valence-corrected chi connectivity index (χ3v) is 1.57. The fourth-order valence-corrected chi connectivity index (χ4v) is 0.951. The zero-order valence-corrected chi connectivity index (χ0v) is 6.47. The van der Waals surface area contributed by atoms with E-state index in [0.717, 1.165) is 18.6 Å². The molecular weight excluding hydrogens is 124 g/mol. The van der Waals surface area contributed by atoms with Crippen LogP contribution in [0.4, 0.5) is 0 Å². The zero-order valence-electron chi connectivity index (χ0n) is 6.47. The van der Waals surface area contributed by atoms with Crippen molar-refractivity contribution in [3.05, 3.63) is 24.2 Å². The van der Waals surface area contributed by atoms with Crippen molar-refractivity contribution in [3.63, 3.8) is 0 Å². The van der Waals surface area contributed by atoms with Crippen LogP contribution >= 0.6 is 0 Å². The predicted octanol–water partition coefficient (Wildman–Crippen LogP) is 2.99. The van der Waals surface area contributed by atoms with Crippen LogP contribution in [-0.4, -0.2) is 0 Å². The standard InChI is InChI=1S/C9H14O/c1-2-3-6-9-7-4-5-8-10-9/h5,7-8H,2-4,6H2,1H3. The Kier molecular flexibility index (Phi) is 3.07. The molecular formula is C9H14O. The highest BCUT2D eigenvalue weighted by Crippen LogP contribution is 2.13. The van der Waals surface area contributed by atoms with E-state index in [1.54, 1.807) is 6.26 Å². The van der Waals surface area contributed by atoms with Crippen molar-refractivity contribution in [2.45, 2.75) is 32.6 Å². The number of allylic oxidation sites excluding steroid dienone is 3. The van der Waals surface area contributed by atoms with Crippen molar-refractivity contribution in [3.8, 4) is 0 Å². The first-order valence-electron chi connectivity index (χ1n) is 3.94. The molecule has 1 heteroatoms. The summed E-state index contributed by atoms with van der Waals surface area (Å²) in [5.74, 6) is 1.14. The molecule has 0 bridgehead atoms. The van der Waals surface area contributed by atoms with Crippen LogP contribution in [0.15, 0.2) is 24.2 Å². The highest BCUT2D eigenvalue weighted by atomic mass is 16.5. The fraction of sp³-hybridized carbons (Fsp3) is 0.556. The minimum atomic E-state index is 1.04. The summed E-state index contributed by atoms with van der Waals surface area (Å²) in [6.07, 6.45) is 10.6. The Morgan fingerprint density at radius 1 is 1.60 bits per heavy atom. The summed E-state index contributed by atoms with van der Waals surface area (Å²) >= 11 is 0. The number of rotatable bonds is 3. The van der Waals surface area contributed by atoms with Crippen LogP contribution in [0.2, 0.25) is 0 Å². The van der Waals surface area contributed by atoms with Crippen LogP contribution in [0.3, 0.4) is 0 Å². The zero-order chi connectivity index (χ0) is 7.23. The summed E-state index contributed by atoms with van der Waals surface area (Å²) in [5.41, 5.74) is 0. The van der Waals surface area contributed by atoms with Crippen molar-refractivity contribution in [1.29, 1.82) is 0 Å². The van der Waals surface area contributed by atoms with Crippen LogP contribution in [-0.2, 0) is 4.74 Å². The van der Waals surface area contributed by atoms with Gasteiger partial charge in [0.2, 0.25) is 0 Å². The minimum absolute atomic E-state index is 1.04. The first-order chi connectivity index (χ1) is 4.93. The smallest absolute Gasteiger partial charge is 0.0995 e. The molecule has 0 fully saturated rings. The molecule has 0 N–H and O–H groups in total. The lowest BCUT2D eigenvalue weighted by Crippen LogP contribution is -1.89. The fourth-order valence-electron chi connectivity index (χ4n) is 0.951. The second-order valence-corrected chi connectivity index (χ2v) is 2.50. The van der Waals surface area contributed by atoms with Crippen molar-refractivity contribution in [2.75, 3.05) is 0 Å². The van der Waals surface area contributed by atoms with Gasteiger partial charge in [-0.15, -0.1) is 0 Å². The van der Waals surface area contributed by atoms with Crippen LogP contribution < -0.4 is 0 Å². The highest BCUT2D eigenvalue weighted by Gasteiger charge is 1.97. The average Bonchev–Trinajstić information content (AvgIpc) is 2.03. The normalized spacial score (nSPS) is 16.3. The Bertz CT molecular complexity index is 145. The maximum absolute atomic E-state index is 5.26. The summed E-state index contributed by atoms with van der Waals surface area (Å²) in [4.78, 5) is 0. The lowest BCUT2D eigenvalue weighted by atomic mass is 10.2. The Morgan fingerprint density at radius 2 is 2.50 bits per heavy atom. The lowest BCUT2D eigenvalue weighted by Gasteiger charge is -2.07. The molecule has 1 rings (SSSR count). The molecule has 0 aromatic carbocycles. The molecule has 1 aliphatic heterocycles. The molecule has 0 aromatic heterocycles. The molecule has 1 aliphatic rings. The van der Waals surface area contributed by atoms with Gasteiger partial charge in [-0.3, -0.25) is 0 Å². The molecule has 0 saturated heterocycles. The van der Waals surface area contributed by atoms with Crippen molar-refractivity contribution in [2.24, 2.45) is 0 Å². The van der Waals surface area contributed by atoms with Crippen LogP contribution in [0.1, 0.15) is 32.6 Å². The third-order valence-electron chi connectivity index (χ3n) is 1.57. The van der Waals surface area contributed by atoms with Gasteiger partial charge in [0.05, 0.1) is 12.0 Å². The second kappa shape index (κ2) is 4.15. The van der Waals surface area contributed by atoms with E-state index in [1.165, 1.54) is 12.8 Å². The molecule has 0 aliphatic carbocycles.